The molecule has 4 aromatic rings. The van der Waals surface area contributed by atoms with Crippen LogP contribution in [0, 0.1) is 0 Å². The largest absolute Gasteiger partial charge is 0.384 e. The van der Waals surface area contributed by atoms with E-state index in [-0.39, 0.29) is 0 Å². The average molecular weight is 434 g/mol. The van der Waals surface area contributed by atoms with Gasteiger partial charge in [0.1, 0.15) is 11.3 Å². The molecule has 2 aromatic heterocycles. The maximum atomic E-state index is 11.6. The predicted octanol–water partition coefficient (Wildman–Crippen LogP) is 2.71. The molecule has 4 rings (SSSR count). The van der Waals surface area contributed by atoms with Gasteiger partial charge in [0.05, 0.1) is 30.9 Å². The Morgan fingerprint density at radius 1 is 1.00 bits per heavy atom. The van der Waals surface area contributed by atoms with Gasteiger partial charge in [-0.05, 0) is 24.1 Å². The molecule has 0 aliphatic heterocycles. The van der Waals surface area contributed by atoms with Crippen LogP contribution >= 0.6 is 0 Å². The van der Waals surface area contributed by atoms with Crippen molar-refractivity contribution in [2.45, 2.75) is 19.4 Å². The number of imidazole rings is 1. The summed E-state index contributed by atoms with van der Waals surface area (Å²) in [6, 6.07) is 15.2. The van der Waals surface area contributed by atoms with E-state index >= 15 is 0 Å². The number of para-hydroxylation sites is 1. The van der Waals surface area contributed by atoms with Gasteiger partial charge >= 0.3 is 0 Å². The molecule has 0 atom stereocenters. The molecule has 0 saturated heterocycles. The number of hydrogen-bond acceptors (Lipinski definition) is 6. The van der Waals surface area contributed by atoms with Crippen LogP contribution in [0.25, 0.3) is 21.9 Å². The number of nitrogen functional groups attached to an aromatic ring is 1. The second-order valence-electron chi connectivity index (χ2n) is 7.52. The fraction of sp³-hybridized carbons (Fsp3) is 0.292. The monoisotopic (exact) mass is 433 g/mol. The molecule has 0 bridgehead atoms. The maximum absolute atomic E-state index is 11.6. The smallest absolute Gasteiger partial charge is 0.248 e. The number of ether oxygens (including phenoxy) is 2. The molecule has 0 radical (unpaired) electrons. The van der Waals surface area contributed by atoms with Gasteiger partial charge in [0.25, 0.3) is 0 Å². The normalized spacial score (nSPS) is 11.4. The Morgan fingerprint density at radius 3 is 2.59 bits per heavy atom. The van der Waals surface area contributed by atoms with E-state index in [1.165, 1.54) is 0 Å². The minimum absolute atomic E-state index is 0.417. The lowest BCUT2D eigenvalue weighted by Crippen LogP contribution is -2.15. The lowest BCUT2D eigenvalue weighted by molar-refractivity contribution is 0.0997. The summed E-state index contributed by atoms with van der Waals surface area (Å²) >= 11 is 0. The van der Waals surface area contributed by atoms with Crippen molar-refractivity contribution < 1.29 is 14.3 Å². The van der Waals surface area contributed by atoms with Gasteiger partial charge in [0.15, 0.2) is 5.82 Å². The van der Waals surface area contributed by atoms with Gasteiger partial charge in [-0.1, -0.05) is 36.4 Å². The van der Waals surface area contributed by atoms with Gasteiger partial charge in [0, 0.05) is 31.0 Å². The lowest BCUT2D eigenvalue weighted by atomic mass is 10.0. The van der Waals surface area contributed by atoms with E-state index in [1.807, 2.05) is 36.4 Å². The number of amides is 1. The van der Waals surface area contributed by atoms with E-state index in [2.05, 4.69) is 9.55 Å². The number of fused-ring (bicyclic) bond motifs is 3. The number of rotatable bonds is 10. The Morgan fingerprint density at radius 2 is 1.78 bits per heavy atom. The van der Waals surface area contributed by atoms with Crippen molar-refractivity contribution in [1.82, 2.24) is 14.5 Å². The minimum atomic E-state index is -0.425. The number of aromatic nitrogens is 3. The van der Waals surface area contributed by atoms with Crippen LogP contribution in [0.4, 0.5) is 5.82 Å². The average Bonchev–Trinajstić information content (AvgIpc) is 3.17. The highest BCUT2D eigenvalue weighted by Gasteiger charge is 2.17. The van der Waals surface area contributed by atoms with Crippen molar-refractivity contribution in [3.8, 4) is 0 Å². The first-order valence-electron chi connectivity index (χ1n) is 10.6. The summed E-state index contributed by atoms with van der Waals surface area (Å²) < 4.78 is 13.3. The van der Waals surface area contributed by atoms with Crippen molar-refractivity contribution >= 4 is 33.7 Å². The van der Waals surface area contributed by atoms with Crippen molar-refractivity contribution in [2.75, 3.05) is 32.7 Å². The number of hydrogen-bond donors (Lipinski definition) is 2. The highest BCUT2D eigenvalue weighted by molar-refractivity contribution is 6.06. The number of anilines is 1. The number of pyridine rings is 1. The Bertz CT molecular complexity index is 1250. The van der Waals surface area contributed by atoms with E-state index in [1.54, 1.807) is 19.2 Å². The van der Waals surface area contributed by atoms with Crippen LogP contribution in [-0.4, -0.2) is 47.4 Å². The highest BCUT2D eigenvalue weighted by atomic mass is 16.5. The van der Waals surface area contributed by atoms with Crippen molar-refractivity contribution in [3.63, 3.8) is 0 Å². The molecule has 0 aliphatic rings. The second-order valence-corrected chi connectivity index (χ2v) is 7.52. The maximum Gasteiger partial charge on any atom is 0.248 e. The Balaban J connectivity index is 1.54. The van der Waals surface area contributed by atoms with Gasteiger partial charge in [-0.2, -0.15) is 0 Å². The molecule has 0 aliphatic carbocycles. The summed E-state index contributed by atoms with van der Waals surface area (Å²) in [4.78, 5) is 20.9. The number of carbonyl (C=O) groups excluding carboxylic acids is 1. The topological polar surface area (TPSA) is 118 Å². The molecule has 0 saturated carbocycles. The Hall–Kier alpha value is -3.49. The first-order valence-corrected chi connectivity index (χ1v) is 10.6. The molecule has 0 fully saturated rings. The quantitative estimate of drug-likeness (QED) is 0.371. The summed E-state index contributed by atoms with van der Waals surface area (Å²) in [5, 5.41) is 1.00. The van der Waals surface area contributed by atoms with Crippen molar-refractivity contribution in [2.24, 2.45) is 5.73 Å². The summed E-state index contributed by atoms with van der Waals surface area (Å²) in [5.74, 6) is 0.876. The van der Waals surface area contributed by atoms with Gasteiger partial charge in [-0.15, -0.1) is 0 Å². The van der Waals surface area contributed by atoms with E-state index < -0.39 is 5.91 Å². The second kappa shape index (κ2) is 9.76. The molecule has 0 unspecified atom stereocenters. The molecule has 0 spiro atoms. The van der Waals surface area contributed by atoms with E-state index in [0.717, 1.165) is 27.8 Å². The zero-order chi connectivity index (χ0) is 22.5. The first-order chi connectivity index (χ1) is 15.6. The Labute approximate surface area is 186 Å². The van der Waals surface area contributed by atoms with Crippen molar-refractivity contribution in [1.29, 1.82) is 0 Å². The number of methoxy groups -OCH3 is 1. The SMILES string of the molecule is COCCc1nc2c(N)nc3ccccc3c2n1CCOCCc1ccccc1C(N)=O. The molecular formula is C24H27N5O3. The molecule has 4 N–H and O–H groups in total. The van der Waals surface area contributed by atoms with Crippen LogP contribution in [0.2, 0.25) is 0 Å². The van der Waals surface area contributed by atoms with Crippen LogP contribution in [0.3, 0.4) is 0 Å². The molecule has 1 amide bonds. The zero-order valence-electron chi connectivity index (χ0n) is 18.1. The van der Waals surface area contributed by atoms with E-state index in [4.69, 9.17) is 25.9 Å². The fourth-order valence-electron chi connectivity index (χ4n) is 3.95. The summed E-state index contributed by atoms with van der Waals surface area (Å²) in [7, 11) is 1.67. The van der Waals surface area contributed by atoms with Crippen molar-refractivity contribution in [3.05, 3.63) is 65.5 Å². The zero-order valence-corrected chi connectivity index (χ0v) is 18.1. The third kappa shape index (κ3) is 4.42. The summed E-state index contributed by atoms with van der Waals surface area (Å²) in [5.41, 5.74) is 15.6. The van der Waals surface area contributed by atoms with Gasteiger partial charge in [-0.3, -0.25) is 4.79 Å². The van der Waals surface area contributed by atoms with Gasteiger partial charge < -0.3 is 25.5 Å². The number of benzene rings is 2. The van der Waals surface area contributed by atoms with Crippen LogP contribution < -0.4 is 11.5 Å². The molecular weight excluding hydrogens is 406 g/mol. The van der Waals surface area contributed by atoms with Crippen LogP contribution in [0.1, 0.15) is 21.7 Å². The van der Waals surface area contributed by atoms with E-state index in [0.29, 0.717) is 56.1 Å². The van der Waals surface area contributed by atoms with E-state index in [9.17, 15) is 4.79 Å². The predicted molar refractivity (Wildman–Crippen MR) is 125 cm³/mol. The number of carbonyl (C=O) groups is 1. The van der Waals surface area contributed by atoms with Crippen LogP contribution in [0.5, 0.6) is 0 Å². The molecule has 8 nitrogen and oxygen atoms in total. The number of primary amides is 1. The Kier molecular flexibility index (Phi) is 6.63. The number of nitrogens with two attached hydrogens (primary N) is 2. The minimum Gasteiger partial charge on any atom is -0.384 e. The first kappa shape index (κ1) is 21.7. The molecule has 2 aromatic carbocycles. The fourth-order valence-corrected chi connectivity index (χ4v) is 3.95. The third-order valence-corrected chi connectivity index (χ3v) is 5.48. The number of nitrogens with zero attached hydrogens (tertiary/aromatic N) is 3. The van der Waals surface area contributed by atoms with Gasteiger partial charge in [-0.25, -0.2) is 9.97 Å². The molecule has 2 heterocycles. The lowest BCUT2D eigenvalue weighted by Gasteiger charge is -2.12. The van der Waals surface area contributed by atoms with Crippen LogP contribution in [-0.2, 0) is 28.9 Å². The van der Waals surface area contributed by atoms with Crippen LogP contribution in [0.15, 0.2) is 48.5 Å². The molecule has 8 heteroatoms. The van der Waals surface area contributed by atoms with Gasteiger partial charge in [0.2, 0.25) is 5.91 Å². The summed E-state index contributed by atoms with van der Waals surface area (Å²) in [6.45, 7) is 2.13. The molecule has 32 heavy (non-hydrogen) atoms. The molecule has 166 valence electrons. The standard InChI is InChI=1S/C24H27N5O3/c1-31-13-11-20-28-21-22(18-8-4-5-9-19(18)27-23(21)25)29(20)12-15-32-14-10-16-6-2-3-7-17(16)24(26)30/h2-9H,10-15H2,1H3,(H2,25,27)(H2,26,30). The third-order valence-electron chi connectivity index (χ3n) is 5.48. The highest BCUT2D eigenvalue weighted by Crippen LogP contribution is 2.29. The summed E-state index contributed by atoms with van der Waals surface area (Å²) in [6.07, 6.45) is 1.27.